The molecule has 0 spiro atoms. The van der Waals surface area contributed by atoms with Gasteiger partial charge in [0.15, 0.2) is 11.6 Å². The first kappa shape index (κ1) is 17.5. The quantitative estimate of drug-likeness (QED) is 0.793. The Morgan fingerprint density at radius 1 is 1.12 bits per heavy atom. The van der Waals surface area contributed by atoms with Gasteiger partial charge in [-0.3, -0.25) is 0 Å². The van der Waals surface area contributed by atoms with Crippen LogP contribution in [0, 0.1) is 6.92 Å². The smallest absolute Gasteiger partial charge is 0.222 e. The number of hydrogen-bond acceptors (Lipinski definition) is 5. The highest BCUT2D eigenvalue weighted by Gasteiger charge is 2.14. The first-order valence-corrected chi connectivity index (χ1v) is 7.92. The number of nitrogens with two attached hydrogens (primary N) is 2. The molecule has 0 bridgehead atoms. The average molecular weight is 324 g/mol. The van der Waals surface area contributed by atoms with E-state index in [4.69, 9.17) is 16.2 Å². The highest BCUT2D eigenvalue weighted by atomic mass is 16.5. The fourth-order valence-corrected chi connectivity index (χ4v) is 2.31. The van der Waals surface area contributed by atoms with Gasteiger partial charge in [-0.15, -0.1) is 0 Å². The minimum atomic E-state index is 0.128. The Balaban J connectivity index is 2.47. The Labute approximate surface area is 143 Å². The maximum Gasteiger partial charge on any atom is 0.222 e. The van der Waals surface area contributed by atoms with Crippen molar-refractivity contribution in [1.82, 2.24) is 9.97 Å². The summed E-state index contributed by atoms with van der Waals surface area (Å²) in [5, 5.41) is 0. The van der Waals surface area contributed by atoms with E-state index in [1.807, 2.05) is 31.2 Å². The molecule has 0 unspecified atom stereocenters. The van der Waals surface area contributed by atoms with Gasteiger partial charge in [0.25, 0.3) is 0 Å². The van der Waals surface area contributed by atoms with Crippen LogP contribution in [-0.2, 0) is 0 Å². The van der Waals surface area contributed by atoms with Crippen molar-refractivity contribution in [1.29, 1.82) is 0 Å². The van der Waals surface area contributed by atoms with Crippen molar-refractivity contribution in [2.24, 2.45) is 0 Å². The van der Waals surface area contributed by atoms with E-state index in [1.165, 1.54) is 11.8 Å². The summed E-state index contributed by atoms with van der Waals surface area (Å²) < 4.78 is 6.00. The van der Waals surface area contributed by atoms with Crippen LogP contribution < -0.4 is 16.2 Å². The molecule has 0 aliphatic rings. The molecular weight excluding hydrogens is 300 g/mol. The minimum Gasteiger partial charge on any atom is -0.452 e. The summed E-state index contributed by atoms with van der Waals surface area (Å²) in [5.74, 6) is 1.81. The van der Waals surface area contributed by atoms with Crippen molar-refractivity contribution in [3.63, 3.8) is 0 Å². The Hall–Kier alpha value is -2.82. The van der Waals surface area contributed by atoms with Crippen molar-refractivity contribution >= 4 is 17.8 Å². The molecule has 0 saturated carbocycles. The van der Waals surface area contributed by atoms with Crippen LogP contribution in [-0.4, -0.2) is 9.97 Å². The van der Waals surface area contributed by atoms with E-state index in [1.54, 1.807) is 0 Å². The maximum atomic E-state index is 6.00. The van der Waals surface area contributed by atoms with Gasteiger partial charge in [0.2, 0.25) is 5.95 Å². The zero-order valence-corrected chi connectivity index (χ0v) is 14.6. The van der Waals surface area contributed by atoms with Crippen LogP contribution in [0.5, 0.6) is 11.5 Å². The molecule has 0 radical (unpaired) electrons. The second kappa shape index (κ2) is 7.64. The highest BCUT2D eigenvalue weighted by Crippen LogP contribution is 2.35. The average Bonchev–Trinajstić information content (AvgIpc) is 2.52. The van der Waals surface area contributed by atoms with Crippen molar-refractivity contribution in [2.45, 2.75) is 33.6 Å². The largest absolute Gasteiger partial charge is 0.452 e. The zero-order chi connectivity index (χ0) is 17.7. The van der Waals surface area contributed by atoms with E-state index in [0.717, 1.165) is 16.9 Å². The Morgan fingerprint density at radius 2 is 1.88 bits per heavy atom. The number of rotatable bonds is 5. The number of allylic oxidation sites excluding steroid dienone is 3. The lowest BCUT2D eigenvalue weighted by atomic mass is 9.96. The van der Waals surface area contributed by atoms with Crippen molar-refractivity contribution < 1.29 is 4.74 Å². The van der Waals surface area contributed by atoms with E-state index in [9.17, 15) is 0 Å². The lowest BCUT2D eigenvalue weighted by molar-refractivity contribution is 0.471. The van der Waals surface area contributed by atoms with Gasteiger partial charge < -0.3 is 16.2 Å². The maximum absolute atomic E-state index is 6.00. The van der Waals surface area contributed by atoms with Gasteiger partial charge in [0, 0.05) is 0 Å². The van der Waals surface area contributed by atoms with Gasteiger partial charge in [-0.2, -0.15) is 4.98 Å². The summed E-state index contributed by atoms with van der Waals surface area (Å²) in [5.41, 5.74) is 14.8. The van der Waals surface area contributed by atoms with Crippen LogP contribution in [0.1, 0.15) is 43.4 Å². The number of anilines is 2. The second-order valence-corrected chi connectivity index (χ2v) is 5.87. The predicted octanol–water partition coefficient (Wildman–Crippen LogP) is 4.45. The molecule has 5 heteroatoms. The van der Waals surface area contributed by atoms with Crippen LogP contribution in [0.25, 0.3) is 6.08 Å². The molecule has 1 aromatic carbocycles. The molecule has 1 aromatic heterocycles. The first-order chi connectivity index (χ1) is 11.4. The Morgan fingerprint density at radius 3 is 2.50 bits per heavy atom. The highest BCUT2D eigenvalue weighted by molar-refractivity contribution is 5.61. The van der Waals surface area contributed by atoms with Crippen LogP contribution in [0.15, 0.2) is 36.6 Å². The lowest BCUT2D eigenvalue weighted by Gasteiger charge is -2.17. The lowest BCUT2D eigenvalue weighted by Crippen LogP contribution is -2.03. The molecule has 2 rings (SSSR count). The number of aryl methyl sites for hydroxylation is 1. The number of nitrogens with zero attached hydrogens (tertiary/aromatic N) is 2. The van der Waals surface area contributed by atoms with Crippen LogP contribution in [0.3, 0.4) is 0 Å². The zero-order valence-electron chi connectivity index (χ0n) is 14.6. The van der Waals surface area contributed by atoms with Crippen molar-refractivity contribution in [3.8, 4) is 11.5 Å². The van der Waals surface area contributed by atoms with Crippen molar-refractivity contribution in [2.75, 3.05) is 11.5 Å². The third-order valence-electron chi connectivity index (χ3n) is 3.62. The summed E-state index contributed by atoms with van der Waals surface area (Å²) >= 11 is 0. The van der Waals surface area contributed by atoms with Gasteiger partial charge in [0.05, 0.1) is 6.20 Å². The molecule has 24 heavy (non-hydrogen) atoms. The monoisotopic (exact) mass is 324 g/mol. The van der Waals surface area contributed by atoms with Crippen molar-refractivity contribution in [3.05, 3.63) is 53.2 Å². The summed E-state index contributed by atoms with van der Waals surface area (Å²) in [7, 11) is 0. The van der Waals surface area contributed by atoms with Crippen LogP contribution in [0.4, 0.5) is 11.8 Å². The van der Waals surface area contributed by atoms with Gasteiger partial charge in [-0.1, -0.05) is 44.2 Å². The third-order valence-corrected chi connectivity index (χ3v) is 3.62. The fourth-order valence-electron chi connectivity index (χ4n) is 2.31. The number of benzene rings is 1. The van der Waals surface area contributed by atoms with Gasteiger partial charge in [-0.05, 0) is 42.5 Å². The molecule has 0 saturated heterocycles. The molecule has 126 valence electrons. The summed E-state index contributed by atoms with van der Waals surface area (Å²) in [6.45, 7) is 8.32. The normalized spacial score (nSPS) is 11.7. The predicted molar refractivity (Wildman–Crippen MR) is 100 cm³/mol. The van der Waals surface area contributed by atoms with Gasteiger partial charge >= 0.3 is 0 Å². The number of ether oxygens (including phenoxy) is 1. The summed E-state index contributed by atoms with van der Waals surface area (Å²) in [6, 6.07) is 4.16. The first-order valence-electron chi connectivity index (χ1n) is 7.92. The fraction of sp³-hybridized carbons (Fsp3) is 0.263. The molecule has 0 fully saturated rings. The number of hydrogen-bond donors (Lipinski definition) is 2. The minimum absolute atomic E-state index is 0.128. The van der Waals surface area contributed by atoms with E-state index < -0.39 is 0 Å². The molecule has 0 amide bonds. The molecule has 1 heterocycles. The van der Waals surface area contributed by atoms with Gasteiger partial charge in [0.1, 0.15) is 5.75 Å². The molecular formula is C19H24N4O. The Kier molecular flexibility index (Phi) is 5.58. The van der Waals surface area contributed by atoms with E-state index in [-0.39, 0.29) is 11.8 Å². The molecule has 2 aromatic rings. The van der Waals surface area contributed by atoms with Crippen LogP contribution in [0.2, 0.25) is 0 Å². The Bertz CT molecular complexity index is 779. The standard InChI is InChI=1S/C19H24N4O/c1-5-6-7-8-14-10-16(15(12(2)3)9-13(14)4)24-17-11-22-19(21)23-18(17)20/h5-12H,1-4H3,(H4,20,21,22,23). The topological polar surface area (TPSA) is 87.0 Å². The van der Waals surface area contributed by atoms with Gasteiger partial charge in [-0.25, -0.2) is 4.98 Å². The summed E-state index contributed by atoms with van der Waals surface area (Å²) in [4.78, 5) is 7.89. The third kappa shape index (κ3) is 4.13. The van der Waals surface area contributed by atoms with Crippen LogP contribution >= 0.6 is 0 Å². The molecule has 4 N–H and O–H groups in total. The molecule has 0 aliphatic heterocycles. The molecule has 5 nitrogen and oxygen atoms in total. The second-order valence-electron chi connectivity index (χ2n) is 5.87. The van der Waals surface area contributed by atoms with E-state index >= 15 is 0 Å². The number of aromatic nitrogens is 2. The van der Waals surface area contributed by atoms with E-state index in [2.05, 4.69) is 42.9 Å². The molecule has 0 aliphatic carbocycles. The number of nitrogen functional groups attached to an aromatic ring is 2. The summed E-state index contributed by atoms with van der Waals surface area (Å²) in [6.07, 6.45) is 9.52. The van der Waals surface area contributed by atoms with E-state index in [0.29, 0.717) is 11.7 Å². The SMILES string of the molecule is CC=CC=Cc1cc(Oc2cnc(N)nc2N)c(C(C)C)cc1C. The molecule has 0 atom stereocenters.